The summed E-state index contributed by atoms with van der Waals surface area (Å²) in [7, 11) is -3.81. The van der Waals surface area contributed by atoms with Crippen LogP contribution < -0.4 is 14.4 Å². The molecule has 2 saturated carbocycles. The molecular weight excluding hydrogens is 502 g/mol. The van der Waals surface area contributed by atoms with Crippen molar-refractivity contribution in [2.45, 2.75) is 50.0 Å². The highest BCUT2D eigenvalue weighted by Crippen LogP contribution is 2.46. The lowest BCUT2D eigenvalue weighted by Crippen LogP contribution is -2.58. The predicted molar refractivity (Wildman–Crippen MR) is 123 cm³/mol. The van der Waals surface area contributed by atoms with E-state index < -0.39 is 38.7 Å². The zero-order chi connectivity index (χ0) is 25.9. The first-order valence-corrected chi connectivity index (χ1v) is 13.2. The van der Waals surface area contributed by atoms with Crippen LogP contribution in [0, 0.1) is 11.2 Å². The number of carbonyl (C=O) groups excluding carboxylic acids is 1. The highest BCUT2D eigenvalue weighted by atomic mass is 32.2. The number of amides is 1. The minimum atomic E-state index is -4.45. The largest absolute Gasteiger partial charge is 0.492 e. The third kappa shape index (κ3) is 5.14. The number of sulfonamides is 1. The van der Waals surface area contributed by atoms with Crippen molar-refractivity contribution < 1.29 is 35.5 Å². The fourth-order valence-corrected chi connectivity index (χ4v) is 5.64. The van der Waals surface area contributed by atoms with Crippen molar-refractivity contribution in [3.05, 3.63) is 53.0 Å². The molecule has 36 heavy (non-hydrogen) atoms. The standard InChI is InChI=1S/C24H25F4N3O4S/c1-23(11-31(12-23)21-7-4-15(10-29-21)24(26,27)28)13-35-20-9-19(25)18(8-17(20)14-2-3-14)22(32)30-36(33,34)16-5-6-16/h4,7-10,14,16H,2-3,5-6,11-13H2,1H3,(H,30,32). The van der Waals surface area contributed by atoms with Crippen molar-refractivity contribution in [3.8, 4) is 5.75 Å². The Kier molecular flexibility index (Phi) is 5.92. The summed E-state index contributed by atoms with van der Waals surface area (Å²) in [6.45, 7) is 3.16. The Morgan fingerprint density at radius 2 is 1.89 bits per heavy atom. The molecule has 2 heterocycles. The number of carbonyl (C=O) groups is 1. The summed E-state index contributed by atoms with van der Waals surface area (Å²) in [5.74, 6) is -1.01. The zero-order valence-corrected chi connectivity index (χ0v) is 20.3. The maximum Gasteiger partial charge on any atom is 0.417 e. The van der Waals surface area contributed by atoms with Gasteiger partial charge in [0.25, 0.3) is 5.91 Å². The van der Waals surface area contributed by atoms with Gasteiger partial charge in [-0.2, -0.15) is 13.2 Å². The van der Waals surface area contributed by atoms with Gasteiger partial charge in [-0.1, -0.05) is 6.92 Å². The summed E-state index contributed by atoms with van der Waals surface area (Å²) < 4.78 is 85.2. The average Bonchev–Trinajstić information content (AvgIpc) is 3.67. The molecule has 1 N–H and O–H groups in total. The maximum absolute atomic E-state index is 14.8. The molecule has 1 aromatic carbocycles. The topological polar surface area (TPSA) is 88.6 Å². The molecule has 0 atom stereocenters. The van der Waals surface area contributed by atoms with Gasteiger partial charge in [-0.15, -0.1) is 0 Å². The summed E-state index contributed by atoms with van der Waals surface area (Å²) >= 11 is 0. The van der Waals surface area contributed by atoms with E-state index in [1.807, 2.05) is 16.5 Å². The van der Waals surface area contributed by atoms with Crippen LogP contribution in [0.25, 0.3) is 0 Å². The SMILES string of the molecule is CC1(COc2cc(F)c(C(=O)NS(=O)(=O)C3CC3)cc2C2CC2)CN(c2ccc(C(F)(F)F)cn2)C1. The Labute approximate surface area is 205 Å². The van der Waals surface area contributed by atoms with Crippen molar-refractivity contribution in [2.75, 3.05) is 24.6 Å². The van der Waals surface area contributed by atoms with Crippen LogP contribution >= 0.6 is 0 Å². The summed E-state index contributed by atoms with van der Waals surface area (Å²) in [4.78, 5) is 18.2. The number of ether oxygens (including phenoxy) is 1. The maximum atomic E-state index is 14.8. The highest BCUT2D eigenvalue weighted by molar-refractivity contribution is 7.91. The number of rotatable bonds is 8. The predicted octanol–water partition coefficient (Wildman–Crippen LogP) is 4.24. The fourth-order valence-electron chi connectivity index (χ4n) is 4.35. The van der Waals surface area contributed by atoms with Gasteiger partial charge in [0.05, 0.1) is 23.0 Å². The lowest BCUT2D eigenvalue weighted by atomic mass is 9.83. The van der Waals surface area contributed by atoms with E-state index in [0.717, 1.165) is 31.2 Å². The number of hydrogen-bond acceptors (Lipinski definition) is 6. The van der Waals surface area contributed by atoms with E-state index in [-0.39, 0.29) is 23.5 Å². The monoisotopic (exact) mass is 527 g/mol. The Bertz CT molecular complexity index is 1280. The molecule has 194 valence electrons. The Morgan fingerprint density at radius 1 is 1.19 bits per heavy atom. The number of nitrogens with zero attached hydrogens (tertiary/aromatic N) is 2. The van der Waals surface area contributed by atoms with E-state index in [1.54, 1.807) is 0 Å². The Balaban J connectivity index is 1.24. The molecule has 1 aromatic heterocycles. The van der Waals surface area contributed by atoms with Crippen molar-refractivity contribution in [1.29, 1.82) is 0 Å². The van der Waals surface area contributed by atoms with Crippen molar-refractivity contribution in [2.24, 2.45) is 5.41 Å². The second-order valence-corrected chi connectivity index (χ2v) is 12.1. The summed E-state index contributed by atoms with van der Waals surface area (Å²) in [6, 6.07) is 4.83. The van der Waals surface area contributed by atoms with E-state index in [0.29, 0.717) is 43.1 Å². The zero-order valence-electron chi connectivity index (χ0n) is 19.4. The molecule has 1 saturated heterocycles. The number of pyridine rings is 1. The Morgan fingerprint density at radius 3 is 2.44 bits per heavy atom. The number of anilines is 1. The molecule has 3 aliphatic rings. The van der Waals surface area contributed by atoms with Gasteiger partial charge >= 0.3 is 6.18 Å². The smallest absolute Gasteiger partial charge is 0.417 e. The first-order chi connectivity index (χ1) is 16.8. The average molecular weight is 528 g/mol. The minimum Gasteiger partial charge on any atom is -0.492 e. The second-order valence-electron chi connectivity index (χ2n) is 10.2. The highest BCUT2D eigenvalue weighted by Gasteiger charge is 2.42. The minimum absolute atomic E-state index is 0.106. The summed E-state index contributed by atoms with van der Waals surface area (Å²) in [5.41, 5.74) is -0.817. The van der Waals surface area contributed by atoms with Crippen molar-refractivity contribution >= 4 is 21.7 Å². The van der Waals surface area contributed by atoms with Gasteiger partial charge in [0.15, 0.2) is 0 Å². The van der Waals surface area contributed by atoms with Crippen LogP contribution in [0.4, 0.5) is 23.4 Å². The fraction of sp³-hybridized carbons (Fsp3) is 0.500. The first-order valence-electron chi connectivity index (χ1n) is 11.7. The van der Waals surface area contributed by atoms with E-state index in [1.165, 1.54) is 12.1 Å². The molecule has 7 nitrogen and oxygen atoms in total. The third-order valence-corrected chi connectivity index (χ3v) is 8.50. The molecular formula is C24H25F4N3O4S. The number of benzene rings is 1. The van der Waals surface area contributed by atoms with Crippen molar-refractivity contribution in [3.63, 3.8) is 0 Å². The lowest BCUT2D eigenvalue weighted by molar-refractivity contribution is -0.137. The molecule has 0 unspecified atom stereocenters. The molecule has 1 aliphatic heterocycles. The molecule has 0 spiro atoms. The second kappa shape index (κ2) is 8.60. The molecule has 2 aliphatic carbocycles. The molecule has 12 heteroatoms. The van der Waals surface area contributed by atoms with Crippen molar-refractivity contribution in [1.82, 2.24) is 9.71 Å². The van der Waals surface area contributed by atoms with Gasteiger partial charge in [-0.05, 0) is 55.4 Å². The first kappa shape index (κ1) is 24.8. The van der Waals surface area contributed by atoms with Gasteiger partial charge < -0.3 is 9.64 Å². The van der Waals surface area contributed by atoms with Gasteiger partial charge in [0, 0.05) is 30.8 Å². The number of aromatic nitrogens is 1. The number of alkyl halides is 3. The van der Waals surface area contributed by atoms with E-state index in [4.69, 9.17) is 4.74 Å². The van der Waals surface area contributed by atoms with Crippen LogP contribution in [0.1, 0.15) is 60.0 Å². The van der Waals surface area contributed by atoms with Crippen LogP contribution in [0.3, 0.4) is 0 Å². The van der Waals surface area contributed by atoms with Gasteiger partial charge in [-0.25, -0.2) is 22.5 Å². The number of halogens is 4. The van der Waals surface area contributed by atoms with Crippen LogP contribution in [0.15, 0.2) is 30.5 Å². The lowest BCUT2D eigenvalue weighted by Gasteiger charge is -2.48. The van der Waals surface area contributed by atoms with Crippen LogP contribution in [-0.4, -0.2) is 44.3 Å². The molecule has 2 aromatic rings. The van der Waals surface area contributed by atoms with Gasteiger partial charge in [0.1, 0.15) is 17.4 Å². The summed E-state index contributed by atoms with van der Waals surface area (Å²) in [5, 5.41) is -0.601. The molecule has 5 rings (SSSR count). The number of hydrogen-bond donors (Lipinski definition) is 1. The van der Waals surface area contributed by atoms with E-state index in [2.05, 4.69) is 4.98 Å². The molecule has 0 radical (unpaired) electrons. The van der Waals surface area contributed by atoms with E-state index >= 15 is 0 Å². The van der Waals surface area contributed by atoms with Crippen LogP contribution in [0.2, 0.25) is 0 Å². The van der Waals surface area contributed by atoms with Gasteiger partial charge in [0.2, 0.25) is 10.0 Å². The molecule has 3 fully saturated rings. The third-order valence-electron chi connectivity index (χ3n) is 6.68. The molecule has 1 amide bonds. The van der Waals surface area contributed by atoms with Crippen LogP contribution in [0.5, 0.6) is 5.75 Å². The molecule has 0 bridgehead atoms. The summed E-state index contributed by atoms with van der Waals surface area (Å²) in [6.07, 6.45) is -0.965. The van der Waals surface area contributed by atoms with Crippen LogP contribution in [-0.2, 0) is 16.2 Å². The Hall–Kier alpha value is -2.89. The quantitative estimate of drug-likeness (QED) is 0.517. The number of nitrogens with one attached hydrogen (secondary N) is 1. The normalized spacial score (nSPS) is 19.5. The van der Waals surface area contributed by atoms with Gasteiger partial charge in [-0.3, -0.25) is 4.79 Å². The van der Waals surface area contributed by atoms with E-state index in [9.17, 15) is 30.8 Å².